The van der Waals surface area contributed by atoms with Crippen LogP contribution in [0.5, 0.6) is 0 Å². The van der Waals surface area contributed by atoms with Crippen LogP contribution in [0.1, 0.15) is 0 Å². The molecule has 0 amide bonds. The second-order valence-electron chi connectivity index (χ2n) is 2.95. The van der Waals surface area contributed by atoms with Crippen molar-refractivity contribution < 1.29 is 35.9 Å². The highest BCUT2D eigenvalue weighted by Gasteiger charge is 2.78. The summed E-state index contributed by atoms with van der Waals surface area (Å²) in [5.74, 6) is -1.61. The van der Waals surface area contributed by atoms with Gasteiger partial charge in [0.2, 0.25) is 0 Å². The molecule has 0 bridgehead atoms. The molecule has 0 aromatic heterocycles. The summed E-state index contributed by atoms with van der Waals surface area (Å²) in [5.41, 5.74) is -4.62. The Morgan fingerprint density at radius 2 is 1.69 bits per heavy atom. The Morgan fingerprint density at radius 3 is 1.88 bits per heavy atom. The maximum absolute atomic E-state index is 12.3. The first-order valence-electron chi connectivity index (χ1n) is 3.75. The molecule has 0 spiro atoms. The average Bonchev–Trinajstić information content (AvgIpc) is 2.41. The third-order valence-corrected chi connectivity index (χ3v) is 2.52. The van der Waals surface area contributed by atoms with Crippen molar-refractivity contribution in [3.8, 4) is 0 Å². The van der Waals surface area contributed by atoms with Gasteiger partial charge in [-0.15, -0.1) is 0 Å². The number of alkyl halides is 7. The second-order valence-corrected chi connectivity index (χ2v) is 3.60. The van der Waals surface area contributed by atoms with Gasteiger partial charge in [0, 0.05) is 5.33 Å². The molecule has 10 heteroatoms. The number of ether oxygens (including phenoxy) is 1. The minimum Gasteiger partial charge on any atom is -0.424 e. The maximum atomic E-state index is 12.3. The zero-order valence-electron chi connectivity index (χ0n) is 7.25. The number of esters is 1. The van der Waals surface area contributed by atoms with Crippen molar-refractivity contribution in [1.29, 1.82) is 0 Å². The summed E-state index contributed by atoms with van der Waals surface area (Å²) in [7, 11) is 0. The molecule has 0 saturated carbocycles. The molecule has 1 fully saturated rings. The van der Waals surface area contributed by atoms with E-state index in [0.717, 1.165) is 5.32 Å². The van der Waals surface area contributed by atoms with Crippen LogP contribution in [0, 0.1) is 0 Å². The highest BCUT2D eigenvalue weighted by Crippen LogP contribution is 2.46. The predicted octanol–water partition coefficient (Wildman–Crippen LogP) is 1.72. The molecular weight excluding hydrogens is 312 g/mol. The first kappa shape index (κ1) is 13.6. The summed E-state index contributed by atoms with van der Waals surface area (Å²) >= 11 is 2.60. The molecule has 1 saturated heterocycles. The SMILES string of the molecule is O=C1OC(C(F)(F)F)(C(F)(F)F)N[C@H]1CBr. The van der Waals surface area contributed by atoms with Gasteiger partial charge in [0.15, 0.2) is 0 Å². The Balaban J connectivity index is 3.16. The van der Waals surface area contributed by atoms with Crippen molar-refractivity contribution in [2.24, 2.45) is 0 Å². The first-order valence-corrected chi connectivity index (χ1v) is 4.87. The van der Waals surface area contributed by atoms with Crippen LogP contribution in [-0.2, 0) is 9.53 Å². The van der Waals surface area contributed by atoms with E-state index in [4.69, 9.17) is 0 Å². The molecule has 3 nitrogen and oxygen atoms in total. The van der Waals surface area contributed by atoms with Gasteiger partial charge >= 0.3 is 24.0 Å². The van der Waals surface area contributed by atoms with Gasteiger partial charge < -0.3 is 4.74 Å². The average molecular weight is 316 g/mol. The Morgan fingerprint density at radius 1 is 1.25 bits per heavy atom. The van der Waals surface area contributed by atoms with Crippen molar-refractivity contribution >= 4 is 21.9 Å². The third kappa shape index (κ3) is 1.88. The van der Waals surface area contributed by atoms with E-state index in [2.05, 4.69) is 20.7 Å². The lowest BCUT2D eigenvalue weighted by Gasteiger charge is -2.31. The molecule has 0 aromatic rings. The second kappa shape index (κ2) is 3.76. The molecular formula is C6H4BrF6NO2. The molecule has 1 aliphatic rings. The maximum Gasteiger partial charge on any atom is 0.452 e. The van der Waals surface area contributed by atoms with Crippen LogP contribution in [-0.4, -0.2) is 35.4 Å². The number of hydrogen-bond donors (Lipinski definition) is 1. The monoisotopic (exact) mass is 315 g/mol. The quantitative estimate of drug-likeness (QED) is 0.455. The predicted molar refractivity (Wildman–Crippen MR) is 41.7 cm³/mol. The fourth-order valence-corrected chi connectivity index (χ4v) is 1.52. The molecule has 1 N–H and O–H groups in total. The van der Waals surface area contributed by atoms with E-state index in [1.54, 1.807) is 0 Å². The number of halogens is 7. The summed E-state index contributed by atoms with van der Waals surface area (Å²) in [6.45, 7) is 0. The molecule has 16 heavy (non-hydrogen) atoms. The number of nitrogens with one attached hydrogen (secondary N) is 1. The number of carbonyl (C=O) groups is 1. The van der Waals surface area contributed by atoms with Gasteiger partial charge in [0.05, 0.1) is 0 Å². The molecule has 0 radical (unpaired) electrons. The smallest absolute Gasteiger partial charge is 0.424 e. The summed E-state index contributed by atoms with van der Waals surface area (Å²) in [6, 6.07) is -1.69. The van der Waals surface area contributed by atoms with Crippen molar-refractivity contribution in [3.63, 3.8) is 0 Å². The molecule has 1 aliphatic heterocycles. The Hall–Kier alpha value is -0.510. The van der Waals surface area contributed by atoms with Crippen molar-refractivity contribution in [2.45, 2.75) is 24.1 Å². The van der Waals surface area contributed by atoms with E-state index in [1.807, 2.05) is 0 Å². The van der Waals surface area contributed by atoms with E-state index in [-0.39, 0.29) is 0 Å². The van der Waals surface area contributed by atoms with Gasteiger partial charge in [-0.25, -0.2) is 5.32 Å². The number of hydrogen-bond acceptors (Lipinski definition) is 3. The van der Waals surface area contributed by atoms with Crippen LogP contribution in [0.3, 0.4) is 0 Å². The van der Waals surface area contributed by atoms with Gasteiger partial charge in [0.25, 0.3) is 0 Å². The lowest BCUT2D eigenvalue weighted by molar-refractivity contribution is -0.369. The Kier molecular flexibility index (Phi) is 3.18. The number of cyclic esters (lactones) is 1. The third-order valence-electron chi connectivity index (χ3n) is 1.87. The minimum absolute atomic E-state index is 0.417. The van der Waals surface area contributed by atoms with Crippen molar-refractivity contribution in [3.05, 3.63) is 0 Å². The summed E-state index contributed by atoms with van der Waals surface area (Å²) in [5, 5.41) is 0.698. The van der Waals surface area contributed by atoms with Gasteiger partial charge in [-0.2, -0.15) is 26.3 Å². The van der Waals surface area contributed by atoms with Gasteiger partial charge in [-0.3, -0.25) is 4.79 Å². The largest absolute Gasteiger partial charge is 0.452 e. The molecule has 1 heterocycles. The molecule has 1 atom stereocenters. The fourth-order valence-electron chi connectivity index (χ4n) is 1.10. The zero-order valence-corrected chi connectivity index (χ0v) is 8.83. The van der Waals surface area contributed by atoms with Gasteiger partial charge in [-0.1, -0.05) is 15.9 Å². The Bertz CT molecular complexity index is 286. The van der Waals surface area contributed by atoms with E-state index in [0.29, 0.717) is 0 Å². The number of carbonyl (C=O) groups excluding carboxylic acids is 1. The van der Waals surface area contributed by atoms with Crippen molar-refractivity contribution in [1.82, 2.24) is 5.32 Å². The highest BCUT2D eigenvalue weighted by atomic mass is 79.9. The van der Waals surface area contributed by atoms with E-state index in [1.165, 1.54) is 0 Å². The lowest BCUT2D eigenvalue weighted by Crippen LogP contribution is -2.65. The lowest BCUT2D eigenvalue weighted by atomic mass is 10.2. The molecule has 94 valence electrons. The molecule has 1 rings (SSSR count). The standard InChI is InChI=1S/C6H4BrF6NO2/c7-1-2-3(15)16-4(14-2,5(8,9)10)6(11,12)13/h2,14H,1H2/t2-/m0/s1. The zero-order chi connectivity index (χ0) is 12.8. The molecule has 0 aromatic carbocycles. The summed E-state index contributed by atoms with van der Waals surface area (Å²) in [4.78, 5) is 10.8. The van der Waals surface area contributed by atoms with Crippen molar-refractivity contribution in [2.75, 3.05) is 5.33 Å². The van der Waals surface area contributed by atoms with Crippen LogP contribution in [0.25, 0.3) is 0 Å². The summed E-state index contributed by atoms with van der Waals surface area (Å²) in [6.07, 6.45) is -11.6. The normalized spacial score (nSPS) is 25.7. The van der Waals surface area contributed by atoms with Crippen LogP contribution >= 0.6 is 15.9 Å². The van der Waals surface area contributed by atoms with Gasteiger partial charge in [-0.05, 0) is 0 Å². The summed E-state index contributed by atoms with van der Waals surface area (Å²) < 4.78 is 77.4. The molecule has 0 aliphatic carbocycles. The van der Waals surface area contributed by atoms with E-state index >= 15 is 0 Å². The van der Waals surface area contributed by atoms with E-state index in [9.17, 15) is 31.1 Å². The highest BCUT2D eigenvalue weighted by molar-refractivity contribution is 9.09. The van der Waals surface area contributed by atoms with Gasteiger partial charge in [0.1, 0.15) is 6.04 Å². The first-order chi connectivity index (χ1) is 7.05. The van der Waals surface area contributed by atoms with Crippen LogP contribution in [0.15, 0.2) is 0 Å². The Labute approximate surface area is 93.2 Å². The number of rotatable bonds is 1. The fraction of sp³-hybridized carbons (Fsp3) is 0.833. The topological polar surface area (TPSA) is 38.3 Å². The van der Waals surface area contributed by atoms with Crippen LogP contribution in [0.2, 0.25) is 0 Å². The van der Waals surface area contributed by atoms with E-state index < -0.39 is 35.4 Å². The molecule has 0 unspecified atom stereocenters. The van der Waals surface area contributed by atoms with Crippen LogP contribution in [0.4, 0.5) is 26.3 Å². The van der Waals surface area contributed by atoms with Crippen LogP contribution < -0.4 is 5.32 Å². The minimum atomic E-state index is -5.78.